The van der Waals surface area contributed by atoms with Crippen molar-refractivity contribution in [3.05, 3.63) is 11.6 Å². The Morgan fingerprint density at radius 2 is 1.79 bits per heavy atom. The molecule has 0 saturated heterocycles. The zero-order valence-corrected chi connectivity index (χ0v) is 22.8. The van der Waals surface area contributed by atoms with E-state index in [9.17, 15) is 8.42 Å². The van der Waals surface area contributed by atoms with Gasteiger partial charge in [0.25, 0.3) is 0 Å². The lowest BCUT2D eigenvalue weighted by molar-refractivity contribution is -0.0561. The van der Waals surface area contributed by atoms with Crippen LogP contribution >= 0.6 is 0 Å². The molecular formula is C28H48O4S. The molecule has 4 nitrogen and oxygen atoms in total. The minimum absolute atomic E-state index is 0.210. The molecule has 3 saturated carbocycles. The van der Waals surface area contributed by atoms with Crippen molar-refractivity contribution in [1.82, 2.24) is 0 Å². The predicted octanol–water partition coefficient (Wildman–Crippen LogP) is 7.30. The first-order valence-corrected chi connectivity index (χ1v) is 15.0. The molecule has 5 heteroatoms. The van der Waals surface area contributed by atoms with Crippen molar-refractivity contribution in [3.63, 3.8) is 0 Å². The van der Waals surface area contributed by atoms with Gasteiger partial charge in [0.1, 0.15) is 0 Å². The van der Waals surface area contributed by atoms with Crippen LogP contribution in [-0.2, 0) is 18.8 Å². The van der Waals surface area contributed by atoms with Crippen LogP contribution in [0.3, 0.4) is 0 Å². The van der Waals surface area contributed by atoms with Gasteiger partial charge < -0.3 is 0 Å². The summed E-state index contributed by atoms with van der Waals surface area (Å²) in [5.41, 5.74) is 2.17. The third kappa shape index (κ3) is 4.85. The van der Waals surface area contributed by atoms with Crippen molar-refractivity contribution in [1.29, 1.82) is 0 Å². The fourth-order valence-corrected chi connectivity index (χ4v) is 9.52. The van der Waals surface area contributed by atoms with Gasteiger partial charge in [0.15, 0.2) is 0 Å². The number of allylic oxidation sites excluding steroid dienone is 1. The first-order chi connectivity index (χ1) is 15.5. The Morgan fingerprint density at radius 3 is 2.48 bits per heavy atom. The number of hydrogen-bond donors (Lipinski definition) is 0. The molecule has 33 heavy (non-hydrogen) atoms. The molecule has 0 aromatic carbocycles. The zero-order chi connectivity index (χ0) is 24.0. The highest BCUT2D eigenvalue weighted by Gasteiger charge is 2.59. The normalized spacial score (nSPS) is 41.8. The number of hydrogen-bond acceptors (Lipinski definition) is 4. The van der Waals surface area contributed by atoms with E-state index in [4.69, 9.17) is 4.18 Å². The van der Waals surface area contributed by atoms with Gasteiger partial charge in [-0.2, -0.15) is 8.42 Å². The van der Waals surface area contributed by atoms with Crippen LogP contribution in [0.2, 0.25) is 0 Å². The minimum atomic E-state index is -3.87. The van der Waals surface area contributed by atoms with Gasteiger partial charge in [0.2, 0.25) is 0 Å². The van der Waals surface area contributed by atoms with Gasteiger partial charge in [0, 0.05) is 0 Å². The third-order valence-corrected chi connectivity index (χ3v) is 11.6. The van der Waals surface area contributed by atoms with Crippen LogP contribution in [0, 0.1) is 46.3 Å². The van der Waals surface area contributed by atoms with E-state index in [0.29, 0.717) is 5.41 Å². The van der Waals surface area contributed by atoms with Crippen molar-refractivity contribution in [2.24, 2.45) is 46.3 Å². The quantitative estimate of drug-likeness (QED) is 0.342. The summed E-state index contributed by atoms with van der Waals surface area (Å²) in [7, 11) is -2.70. The van der Waals surface area contributed by atoms with Crippen molar-refractivity contribution in [2.75, 3.05) is 7.11 Å². The lowest BCUT2D eigenvalue weighted by Gasteiger charge is -2.58. The van der Waals surface area contributed by atoms with Crippen LogP contribution in [0.4, 0.5) is 0 Å². The summed E-state index contributed by atoms with van der Waals surface area (Å²) >= 11 is 0. The van der Waals surface area contributed by atoms with Gasteiger partial charge in [-0.25, -0.2) is 4.18 Å². The van der Waals surface area contributed by atoms with Gasteiger partial charge in [-0.1, -0.05) is 65.5 Å². The van der Waals surface area contributed by atoms with Gasteiger partial charge in [0.05, 0.1) is 13.2 Å². The Labute approximate surface area is 203 Å². The maximum atomic E-state index is 11.8. The summed E-state index contributed by atoms with van der Waals surface area (Å²) in [6, 6.07) is 0. The van der Waals surface area contributed by atoms with E-state index in [1.54, 1.807) is 0 Å². The SMILES string of the molecule is COS(=O)(=O)O[C@H]1CC[C@@]2(C)C(=CC[C@H]3[C@@H]4CC[C@H]([C@H](C)CCCC(C)C)[C@@]4(C)CC[C@@H]32)C1. The Bertz CT molecular complexity index is 833. The summed E-state index contributed by atoms with van der Waals surface area (Å²) in [4.78, 5) is 0. The molecule has 0 heterocycles. The van der Waals surface area contributed by atoms with Crippen molar-refractivity contribution in [2.45, 2.75) is 111 Å². The fraction of sp³-hybridized carbons (Fsp3) is 0.929. The Morgan fingerprint density at radius 1 is 1.03 bits per heavy atom. The molecule has 0 aromatic rings. The molecule has 0 aromatic heterocycles. The molecule has 0 amide bonds. The lowest BCUT2D eigenvalue weighted by Crippen LogP contribution is -2.51. The summed E-state index contributed by atoms with van der Waals surface area (Å²) in [5.74, 6) is 4.94. The van der Waals surface area contributed by atoms with Crippen LogP contribution in [0.1, 0.15) is 105 Å². The maximum Gasteiger partial charge on any atom is 0.399 e. The van der Waals surface area contributed by atoms with Crippen LogP contribution in [0.5, 0.6) is 0 Å². The van der Waals surface area contributed by atoms with Gasteiger partial charge in [-0.15, -0.1) is 0 Å². The van der Waals surface area contributed by atoms with E-state index in [2.05, 4.69) is 44.9 Å². The van der Waals surface area contributed by atoms with E-state index in [1.807, 2.05) is 0 Å². The molecule has 4 rings (SSSR count). The molecule has 0 radical (unpaired) electrons. The summed E-state index contributed by atoms with van der Waals surface area (Å²) in [6.45, 7) is 12.4. The number of rotatable bonds is 8. The summed E-state index contributed by atoms with van der Waals surface area (Å²) in [5, 5.41) is 0. The standard InChI is InChI=1S/C28H48O4S/c1-19(2)8-7-9-20(3)24-12-13-25-23-11-10-21-18-22(32-33(29,30)31-6)14-16-27(21,4)26(23)15-17-28(24,25)5/h10,19-20,22-26H,7-9,11-18H2,1-6H3/t20-,22+,23+,24-,25+,26+,27+,28-/m1/s1. The molecule has 0 bridgehead atoms. The van der Waals surface area contributed by atoms with Crippen molar-refractivity contribution >= 4 is 10.4 Å². The van der Waals surface area contributed by atoms with Crippen molar-refractivity contribution in [3.8, 4) is 0 Å². The summed E-state index contributed by atoms with van der Waals surface area (Å²) in [6.07, 6.45) is 15.6. The number of fused-ring (bicyclic) bond motifs is 5. The second kappa shape index (κ2) is 9.58. The molecular weight excluding hydrogens is 432 g/mol. The molecule has 4 aliphatic carbocycles. The highest BCUT2D eigenvalue weighted by atomic mass is 32.3. The fourth-order valence-electron chi connectivity index (χ4n) is 8.94. The van der Waals surface area contributed by atoms with E-state index in [-0.39, 0.29) is 11.5 Å². The van der Waals surface area contributed by atoms with Gasteiger partial charge >= 0.3 is 10.4 Å². The Kier molecular flexibility index (Phi) is 7.46. The largest absolute Gasteiger partial charge is 0.399 e. The highest BCUT2D eigenvalue weighted by molar-refractivity contribution is 7.81. The molecule has 0 spiro atoms. The summed E-state index contributed by atoms with van der Waals surface area (Å²) < 4.78 is 33.5. The highest BCUT2D eigenvalue weighted by Crippen LogP contribution is 2.67. The lowest BCUT2D eigenvalue weighted by atomic mass is 9.47. The molecule has 0 aliphatic heterocycles. The minimum Gasteiger partial charge on any atom is -0.252 e. The smallest absolute Gasteiger partial charge is 0.252 e. The van der Waals surface area contributed by atoms with Crippen molar-refractivity contribution < 1.29 is 16.8 Å². The molecule has 0 N–H and O–H groups in total. The van der Waals surface area contributed by atoms with Crippen LogP contribution in [0.15, 0.2) is 11.6 Å². The third-order valence-electron chi connectivity index (χ3n) is 10.7. The maximum absolute atomic E-state index is 11.8. The monoisotopic (exact) mass is 480 g/mol. The first-order valence-electron chi connectivity index (χ1n) is 13.7. The van der Waals surface area contributed by atoms with Crippen LogP contribution in [0.25, 0.3) is 0 Å². The average Bonchev–Trinajstić information content (AvgIpc) is 3.11. The second-order valence-electron chi connectivity index (χ2n) is 12.8. The predicted molar refractivity (Wildman–Crippen MR) is 134 cm³/mol. The van der Waals surface area contributed by atoms with Crippen LogP contribution < -0.4 is 0 Å². The first kappa shape index (κ1) is 25.7. The Balaban J connectivity index is 1.46. The average molecular weight is 481 g/mol. The zero-order valence-electron chi connectivity index (χ0n) is 21.9. The molecule has 0 unspecified atom stereocenters. The van der Waals surface area contributed by atoms with E-state index < -0.39 is 10.4 Å². The van der Waals surface area contributed by atoms with Gasteiger partial charge in [-0.3, -0.25) is 4.18 Å². The van der Waals surface area contributed by atoms with E-state index >= 15 is 0 Å². The molecule has 3 fully saturated rings. The second-order valence-corrected chi connectivity index (χ2v) is 14.2. The topological polar surface area (TPSA) is 52.6 Å². The Hall–Kier alpha value is -0.390. The van der Waals surface area contributed by atoms with E-state index in [0.717, 1.165) is 54.8 Å². The molecule has 8 atom stereocenters. The molecule has 190 valence electrons. The molecule has 4 aliphatic rings. The van der Waals surface area contributed by atoms with Crippen LogP contribution in [-0.4, -0.2) is 21.6 Å². The van der Waals surface area contributed by atoms with E-state index in [1.165, 1.54) is 64.0 Å². The van der Waals surface area contributed by atoms with Gasteiger partial charge in [-0.05, 0) is 97.7 Å².